The van der Waals surface area contributed by atoms with Crippen molar-refractivity contribution in [2.45, 2.75) is 12.5 Å². The minimum Gasteiger partial charge on any atom is -0.494 e. The van der Waals surface area contributed by atoms with Crippen molar-refractivity contribution < 1.29 is 9.13 Å². The first-order valence-electron chi connectivity index (χ1n) is 5.79. The van der Waals surface area contributed by atoms with Crippen LogP contribution >= 0.6 is 43.2 Å². The van der Waals surface area contributed by atoms with Crippen LogP contribution in [0, 0.1) is 5.82 Å². The van der Waals surface area contributed by atoms with Crippen LogP contribution < -0.4 is 16.0 Å². The molecule has 1 unspecified atom stereocenters. The first-order chi connectivity index (χ1) is 9.56. The fraction of sp³-hybridized carbons (Fsp3) is 0.231. The van der Waals surface area contributed by atoms with E-state index in [1.807, 2.05) is 6.07 Å². The largest absolute Gasteiger partial charge is 0.494 e. The summed E-state index contributed by atoms with van der Waals surface area (Å²) >= 11 is 8.48. The summed E-state index contributed by atoms with van der Waals surface area (Å²) in [6.45, 7) is 0. The molecule has 0 bridgehead atoms. The van der Waals surface area contributed by atoms with E-state index < -0.39 is 0 Å². The van der Waals surface area contributed by atoms with Gasteiger partial charge in [0, 0.05) is 0 Å². The van der Waals surface area contributed by atoms with Crippen LogP contribution in [-0.4, -0.2) is 7.11 Å². The Kier molecular flexibility index (Phi) is 5.57. The van der Waals surface area contributed by atoms with Gasteiger partial charge in [-0.25, -0.2) is 4.39 Å². The van der Waals surface area contributed by atoms with Crippen LogP contribution in [0.2, 0.25) is 0 Å². The van der Waals surface area contributed by atoms with E-state index in [-0.39, 0.29) is 17.6 Å². The number of hydrazine groups is 1. The molecule has 0 aliphatic rings. The Morgan fingerprint density at radius 1 is 1.45 bits per heavy atom. The Balaban J connectivity index is 2.29. The molecule has 3 N–H and O–H groups in total. The number of nitrogens with two attached hydrogens (primary N) is 1. The summed E-state index contributed by atoms with van der Waals surface area (Å²) in [7, 11) is 1.45. The third-order valence-corrected chi connectivity index (χ3v) is 5.33. The third kappa shape index (κ3) is 3.40. The van der Waals surface area contributed by atoms with Crippen LogP contribution in [0.25, 0.3) is 0 Å². The normalized spacial score (nSPS) is 12.4. The lowest BCUT2D eigenvalue weighted by Crippen LogP contribution is -2.29. The fourth-order valence-electron chi connectivity index (χ4n) is 1.94. The predicted molar refractivity (Wildman–Crippen MR) is 86.4 cm³/mol. The number of nitrogens with one attached hydrogen (secondary N) is 1. The molecule has 0 aliphatic carbocycles. The highest BCUT2D eigenvalue weighted by molar-refractivity contribution is 9.12. The summed E-state index contributed by atoms with van der Waals surface area (Å²) < 4.78 is 21.1. The van der Waals surface area contributed by atoms with Crippen LogP contribution in [0.15, 0.2) is 31.8 Å². The quantitative estimate of drug-likeness (QED) is 0.560. The molecule has 20 heavy (non-hydrogen) atoms. The lowest BCUT2D eigenvalue weighted by atomic mass is 10.0. The Bertz CT molecular complexity index is 606. The molecule has 3 nitrogen and oxygen atoms in total. The first-order valence-corrected chi connectivity index (χ1v) is 8.19. The molecule has 7 heteroatoms. The Hall–Kier alpha value is -0.470. The molecule has 0 radical (unpaired) electrons. The molecule has 2 aromatic rings. The van der Waals surface area contributed by atoms with Gasteiger partial charge in [-0.05, 0) is 61.5 Å². The number of thiophene rings is 1. The van der Waals surface area contributed by atoms with Crippen molar-refractivity contribution >= 4 is 43.2 Å². The number of hydrogen-bond acceptors (Lipinski definition) is 4. The van der Waals surface area contributed by atoms with E-state index in [0.717, 1.165) is 13.1 Å². The molecule has 1 aromatic heterocycles. The number of methoxy groups -OCH3 is 1. The number of ether oxygens (including phenoxy) is 1. The third-order valence-electron chi connectivity index (χ3n) is 2.95. The topological polar surface area (TPSA) is 47.3 Å². The van der Waals surface area contributed by atoms with Crippen molar-refractivity contribution in [1.29, 1.82) is 0 Å². The van der Waals surface area contributed by atoms with Gasteiger partial charge in [-0.2, -0.15) is 0 Å². The van der Waals surface area contributed by atoms with Gasteiger partial charge in [0.05, 0.1) is 20.7 Å². The van der Waals surface area contributed by atoms with Gasteiger partial charge in [0.15, 0.2) is 11.6 Å². The van der Waals surface area contributed by atoms with Crippen molar-refractivity contribution in [2.24, 2.45) is 5.84 Å². The Labute approximate surface area is 137 Å². The van der Waals surface area contributed by atoms with Crippen molar-refractivity contribution in [3.8, 4) is 5.75 Å². The van der Waals surface area contributed by atoms with Crippen molar-refractivity contribution in [3.63, 3.8) is 0 Å². The van der Waals surface area contributed by atoms with Gasteiger partial charge in [0.1, 0.15) is 0 Å². The van der Waals surface area contributed by atoms with Crippen molar-refractivity contribution in [2.75, 3.05) is 7.11 Å². The lowest BCUT2D eigenvalue weighted by Gasteiger charge is -2.16. The molecule has 0 saturated carbocycles. The van der Waals surface area contributed by atoms with Gasteiger partial charge in [-0.15, -0.1) is 11.3 Å². The molecule has 0 spiro atoms. The van der Waals surface area contributed by atoms with Crippen molar-refractivity contribution in [1.82, 2.24) is 5.43 Å². The zero-order valence-electron chi connectivity index (χ0n) is 10.6. The number of rotatable bonds is 5. The highest BCUT2D eigenvalue weighted by atomic mass is 79.9. The summed E-state index contributed by atoms with van der Waals surface area (Å²) in [5, 5.41) is 0. The number of benzene rings is 1. The SMILES string of the molecule is COc1cccc(CC(NN)c2cc(Br)sc2Br)c1F. The molecule has 1 atom stereocenters. The van der Waals surface area contributed by atoms with E-state index in [0.29, 0.717) is 12.0 Å². The monoisotopic (exact) mass is 422 g/mol. The van der Waals surface area contributed by atoms with Crippen LogP contribution in [0.4, 0.5) is 4.39 Å². The maximum absolute atomic E-state index is 14.2. The summed E-state index contributed by atoms with van der Waals surface area (Å²) in [5.74, 6) is 5.51. The van der Waals surface area contributed by atoms with Gasteiger partial charge < -0.3 is 4.74 Å². The molecule has 108 valence electrons. The fourth-order valence-corrected chi connectivity index (χ4v) is 4.91. The second-order valence-corrected chi connectivity index (χ2v) is 7.89. The standard InChI is InChI=1S/C13H13Br2FN2OS/c1-19-10-4-2-3-7(12(10)16)5-9(18-17)8-6-11(14)20-13(8)15/h2-4,6,9,18H,5,17H2,1H3. The van der Waals surface area contributed by atoms with Gasteiger partial charge in [0.25, 0.3) is 0 Å². The highest BCUT2D eigenvalue weighted by Crippen LogP contribution is 2.37. The Morgan fingerprint density at radius 2 is 2.20 bits per heavy atom. The summed E-state index contributed by atoms with van der Waals surface area (Å²) in [5.41, 5.74) is 4.28. The lowest BCUT2D eigenvalue weighted by molar-refractivity contribution is 0.382. The molecule has 0 amide bonds. The van der Waals surface area contributed by atoms with E-state index in [1.54, 1.807) is 29.5 Å². The van der Waals surface area contributed by atoms with Crippen LogP contribution in [0.1, 0.15) is 17.2 Å². The highest BCUT2D eigenvalue weighted by Gasteiger charge is 2.19. The van der Waals surface area contributed by atoms with Gasteiger partial charge >= 0.3 is 0 Å². The minimum absolute atomic E-state index is 0.187. The van der Waals surface area contributed by atoms with Crippen LogP contribution in [0.3, 0.4) is 0 Å². The molecule has 0 saturated heterocycles. The first kappa shape index (κ1) is 15.9. The predicted octanol–water partition coefficient (Wildman–Crippen LogP) is 4.17. The molecular weight excluding hydrogens is 411 g/mol. The molecule has 1 heterocycles. The van der Waals surface area contributed by atoms with E-state index in [1.165, 1.54) is 7.11 Å². The van der Waals surface area contributed by atoms with Gasteiger partial charge in [0.2, 0.25) is 0 Å². The van der Waals surface area contributed by atoms with Crippen LogP contribution in [-0.2, 0) is 6.42 Å². The van der Waals surface area contributed by atoms with E-state index in [4.69, 9.17) is 10.6 Å². The molecule has 0 fully saturated rings. The smallest absolute Gasteiger partial charge is 0.168 e. The second kappa shape index (κ2) is 7.00. The summed E-state index contributed by atoms with van der Waals surface area (Å²) in [4.78, 5) is 0. The summed E-state index contributed by atoms with van der Waals surface area (Å²) in [6.07, 6.45) is 0.432. The minimum atomic E-state index is -0.347. The Morgan fingerprint density at radius 3 is 2.75 bits per heavy atom. The average molecular weight is 424 g/mol. The van der Waals surface area contributed by atoms with E-state index >= 15 is 0 Å². The zero-order valence-corrected chi connectivity index (χ0v) is 14.6. The summed E-state index contributed by atoms with van der Waals surface area (Å²) in [6, 6.07) is 6.88. The second-order valence-electron chi connectivity index (χ2n) is 4.14. The molecular formula is C13H13Br2FN2OS. The maximum Gasteiger partial charge on any atom is 0.168 e. The van der Waals surface area contributed by atoms with E-state index in [9.17, 15) is 4.39 Å². The van der Waals surface area contributed by atoms with E-state index in [2.05, 4.69) is 37.3 Å². The zero-order chi connectivity index (χ0) is 14.7. The average Bonchev–Trinajstić information content (AvgIpc) is 2.76. The molecule has 2 rings (SSSR count). The maximum atomic E-state index is 14.2. The molecule has 0 aliphatic heterocycles. The van der Waals surface area contributed by atoms with Gasteiger partial charge in [-0.3, -0.25) is 11.3 Å². The van der Waals surface area contributed by atoms with Crippen molar-refractivity contribution in [3.05, 3.63) is 48.8 Å². The molecule has 1 aromatic carbocycles. The number of hydrogen-bond donors (Lipinski definition) is 2. The van der Waals surface area contributed by atoms with Crippen LogP contribution in [0.5, 0.6) is 5.75 Å². The van der Waals surface area contributed by atoms with Gasteiger partial charge in [-0.1, -0.05) is 12.1 Å². The number of halogens is 3.